The van der Waals surface area contributed by atoms with E-state index in [1.165, 1.54) is 13.8 Å². The van der Waals surface area contributed by atoms with Gasteiger partial charge in [-0.05, 0) is 63.0 Å². The van der Waals surface area contributed by atoms with Crippen molar-refractivity contribution < 1.29 is 23.1 Å². The molecular weight excluding hydrogens is 479 g/mol. The van der Waals surface area contributed by atoms with Crippen molar-refractivity contribution in [1.29, 1.82) is 0 Å². The van der Waals surface area contributed by atoms with Gasteiger partial charge in [0.2, 0.25) is 0 Å². The number of nitrogens with zero attached hydrogens (tertiary/aromatic N) is 2. The largest absolute Gasteiger partial charge is 0.394 e. The first kappa shape index (κ1) is 27.5. The average molecular weight is 514 g/mol. The molecule has 0 spiro atoms. The van der Waals surface area contributed by atoms with E-state index < -0.39 is 23.1 Å². The molecule has 1 saturated carbocycles. The van der Waals surface area contributed by atoms with Crippen LogP contribution in [-0.2, 0) is 13.0 Å². The predicted molar refractivity (Wildman–Crippen MR) is 132 cm³/mol. The Hall–Kier alpha value is -2.06. The minimum atomic E-state index is -4.31. The fourth-order valence-electron chi connectivity index (χ4n) is 4.59. The average Bonchev–Trinajstić information content (AvgIpc) is 3.10. The summed E-state index contributed by atoms with van der Waals surface area (Å²) in [5.41, 5.74) is -0.148. The number of aromatic nitrogens is 2. The van der Waals surface area contributed by atoms with Crippen molar-refractivity contribution in [3.05, 3.63) is 40.0 Å². The minimum absolute atomic E-state index is 0.0676. The number of hydrogen-bond acceptors (Lipinski definition) is 3. The first-order chi connectivity index (χ1) is 16.2. The molecule has 9 heteroatoms. The van der Waals surface area contributed by atoms with Crippen molar-refractivity contribution in [3.8, 4) is 11.3 Å². The first-order valence-corrected chi connectivity index (χ1v) is 12.5. The Bertz CT molecular complexity index is 1070. The van der Waals surface area contributed by atoms with E-state index in [4.69, 9.17) is 11.6 Å². The van der Waals surface area contributed by atoms with Crippen LogP contribution < -0.4 is 5.32 Å². The van der Waals surface area contributed by atoms with Crippen molar-refractivity contribution in [2.24, 2.45) is 11.3 Å². The Balaban J connectivity index is 1.83. The lowest BCUT2D eigenvalue weighted by Gasteiger charge is -2.34. The zero-order valence-electron chi connectivity index (χ0n) is 21.0. The van der Waals surface area contributed by atoms with Crippen LogP contribution >= 0.6 is 11.6 Å². The van der Waals surface area contributed by atoms with E-state index in [-0.39, 0.29) is 23.7 Å². The molecule has 1 aromatic heterocycles. The third-order valence-electron chi connectivity index (χ3n) is 7.15. The maximum Gasteiger partial charge on any atom is 0.394 e. The van der Waals surface area contributed by atoms with E-state index in [1.807, 2.05) is 13.8 Å². The number of nitrogens with one attached hydrogen (secondary N) is 1. The molecule has 1 aliphatic rings. The summed E-state index contributed by atoms with van der Waals surface area (Å²) in [6.07, 6.45) is -1.36. The molecule has 1 aromatic carbocycles. The molecule has 0 radical (unpaired) electrons. The first-order valence-electron chi connectivity index (χ1n) is 12.1. The van der Waals surface area contributed by atoms with Gasteiger partial charge in [-0.25, -0.2) is 0 Å². The van der Waals surface area contributed by atoms with Crippen LogP contribution in [0.2, 0.25) is 5.02 Å². The van der Waals surface area contributed by atoms with Crippen molar-refractivity contribution in [3.63, 3.8) is 0 Å². The lowest BCUT2D eigenvalue weighted by molar-refractivity contribution is -0.211. The highest BCUT2D eigenvalue weighted by molar-refractivity contribution is 6.36. The van der Waals surface area contributed by atoms with Crippen molar-refractivity contribution >= 4 is 17.5 Å². The molecule has 0 saturated heterocycles. The molecule has 35 heavy (non-hydrogen) atoms. The third kappa shape index (κ3) is 6.02. The van der Waals surface area contributed by atoms with Gasteiger partial charge in [0, 0.05) is 18.7 Å². The summed E-state index contributed by atoms with van der Waals surface area (Å²) in [5, 5.41) is 18.2. The van der Waals surface area contributed by atoms with Crippen LogP contribution in [0.1, 0.15) is 75.0 Å². The quantitative estimate of drug-likeness (QED) is 0.454. The van der Waals surface area contributed by atoms with Gasteiger partial charge in [-0.15, -0.1) is 0 Å². The van der Waals surface area contributed by atoms with Gasteiger partial charge in [0.1, 0.15) is 0 Å². The fraction of sp³-hybridized carbons (Fsp3) is 0.615. The van der Waals surface area contributed by atoms with Crippen LogP contribution in [0.5, 0.6) is 0 Å². The number of aliphatic hydroxyl groups is 1. The molecule has 0 atom stereocenters. The van der Waals surface area contributed by atoms with E-state index in [0.717, 1.165) is 18.4 Å². The molecule has 5 nitrogen and oxygen atoms in total. The van der Waals surface area contributed by atoms with Gasteiger partial charge in [0.25, 0.3) is 5.91 Å². The van der Waals surface area contributed by atoms with Gasteiger partial charge in [0.15, 0.2) is 5.69 Å². The maximum atomic E-state index is 13.3. The maximum absolute atomic E-state index is 13.3. The smallest absolute Gasteiger partial charge is 0.388 e. The third-order valence-corrected chi connectivity index (χ3v) is 7.51. The van der Waals surface area contributed by atoms with Gasteiger partial charge in [-0.2, -0.15) is 18.3 Å². The highest BCUT2D eigenvalue weighted by Gasteiger charge is 2.47. The van der Waals surface area contributed by atoms with Crippen molar-refractivity contribution in [1.82, 2.24) is 15.1 Å². The molecule has 0 aliphatic heterocycles. The second-order valence-corrected chi connectivity index (χ2v) is 11.0. The number of halogens is 4. The lowest BCUT2D eigenvalue weighted by Crippen LogP contribution is -2.45. The summed E-state index contributed by atoms with van der Waals surface area (Å²) in [6, 6.07) is 5.13. The number of amides is 1. The molecule has 3 rings (SSSR count). The molecule has 1 aliphatic carbocycles. The van der Waals surface area contributed by atoms with E-state index in [1.54, 1.807) is 22.9 Å². The van der Waals surface area contributed by atoms with E-state index >= 15 is 0 Å². The number of rotatable bonds is 7. The molecule has 1 heterocycles. The second-order valence-electron chi connectivity index (χ2n) is 10.6. The SMILES string of the molecule is CCn1nc(C(=O)NCC2(O)CCC(C)CC2)c(Cl)c1-c1ccc(CC(C)(C)C(F)(F)F)cc1C. The van der Waals surface area contributed by atoms with Crippen molar-refractivity contribution in [2.45, 2.75) is 85.0 Å². The Labute approximate surface area is 210 Å². The Morgan fingerprint density at radius 1 is 1.29 bits per heavy atom. The summed E-state index contributed by atoms with van der Waals surface area (Å²) < 4.78 is 41.6. The van der Waals surface area contributed by atoms with Crippen molar-refractivity contribution in [2.75, 3.05) is 6.54 Å². The summed E-state index contributed by atoms with van der Waals surface area (Å²) in [4.78, 5) is 12.9. The summed E-state index contributed by atoms with van der Waals surface area (Å²) >= 11 is 6.64. The zero-order valence-corrected chi connectivity index (χ0v) is 21.8. The molecule has 194 valence electrons. The standard InChI is InChI=1S/C26H35ClF3N3O2/c1-6-33-22(19-8-7-18(13-17(19)3)14-24(4,5)26(28,29)30)20(27)21(32-33)23(34)31-15-25(35)11-9-16(2)10-12-25/h7-8,13,16,35H,6,9-12,14-15H2,1-5H3,(H,31,34). The lowest BCUT2D eigenvalue weighted by atomic mass is 9.79. The molecule has 0 bridgehead atoms. The van der Waals surface area contributed by atoms with Crippen LogP contribution in [0.25, 0.3) is 11.3 Å². The number of alkyl halides is 3. The number of aryl methyl sites for hydroxylation is 2. The normalized spacial score (nSPS) is 21.3. The molecule has 1 fully saturated rings. The number of hydrogen-bond donors (Lipinski definition) is 2. The number of carbonyl (C=O) groups is 1. The topological polar surface area (TPSA) is 67.2 Å². The Morgan fingerprint density at radius 2 is 1.91 bits per heavy atom. The van der Waals surface area contributed by atoms with Crippen LogP contribution in [0, 0.1) is 18.3 Å². The van der Waals surface area contributed by atoms with Gasteiger partial charge >= 0.3 is 6.18 Å². The molecule has 1 amide bonds. The fourth-order valence-corrected chi connectivity index (χ4v) is 4.91. The van der Waals surface area contributed by atoms with Gasteiger partial charge in [-0.1, -0.05) is 50.6 Å². The summed E-state index contributed by atoms with van der Waals surface area (Å²) in [7, 11) is 0. The number of carbonyl (C=O) groups excluding carboxylic acids is 1. The minimum Gasteiger partial charge on any atom is -0.388 e. The van der Waals surface area contributed by atoms with Crippen LogP contribution in [0.3, 0.4) is 0 Å². The monoisotopic (exact) mass is 513 g/mol. The molecule has 2 aromatic rings. The van der Waals surface area contributed by atoms with Crippen LogP contribution in [-0.4, -0.2) is 39.1 Å². The Morgan fingerprint density at radius 3 is 2.46 bits per heavy atom. The molecule has 0 unspecified atom stereocenters. The van der Waals surface area contributed by atoms with E-state index in [9.17, 15) is 23.1 Å². The summed E-state index contributed by atoms with van der Waals surface area (Å²) in [6.45, 7) is 8.79. The Kier molecular flexibility index (Phi) is 7.97. The van der Waals surface area contributed by atoms with E-state index in [0.29, 0.717) is 42.1 Å². The molecule has 2 N–H and O–H groups in total. The van der Waals surface area contributed by atoms with Crippen LogP contribution in [0.15, 0.2) is 18.2 Å². The highest BCUT2D eigenvalue weighted by Crippen LogP contribution is 2.41. The zero-order chi connectivity index (χ0) is 26.2. The van der Waals surface area contributed by atoms with E-state index in [2.05, 4.69) is 17.3 Å². The van der Waals surface area contributed by atoms with Gasteiger partial charge in [0.05, 0.1) is 21.7 Å². The molecular formula is C26H35ClF3N3O2. The summed E-state index contributed by atoms with van der Waals surface area (Å²) in [5.74, 6) is 0.106. The second kappa shape index (κ2) is 10.1. The highest BCUT2D eigenvalue weighted by atomic mass is 35.5. The van der Waals surface area contributed by atoms with Gasteiger partial charge in [-0.3, -0.25) is 9.48 Å². The predicted octanol–water partition coefficient (Wildman–Crippen LogP) is 6.33. The van der Waals surface area contributed by atoms with Gasteiger partial charge < -0.3 is 10.4 Å². The van der Waals surface area contributed by atoms with Crippen LogP contribution in [0.4, 0.5) is 13.2 Å². The number of benzene rings is 1.